The van der Waals surface area contributed by atoms with E-state index in [0.29, 0.717) is 22.1 Å². The van der Waals surface area contributed by atoms with Crippen molar-refractivity contribution in [2.75, 3.05) is 5.32 Å². The van der Waals surface area contributed by atoms with Gasteiger partial charge in [0.15, 0.2) is 5.76 Å². The average molecular weight is 300 g/mol. The Hall–Kier alpha value is -2.26. The molecule has 2 aromatic carbocycles. The summed E-state index contributed by atoms with van der Waals surface area (Å²) in [5.74, 6) is 0.0523. The summed E-state index contributed by atoms with van der Waals surface area (Å²) < 4.78 is 5.64. The molecule has 3 rings (SSSR count). The van der Waals surface area contributed by atoms with Crippen LogP contribution in [0, 0.1) is 13.8 Å². The molecule has 3 nitrogen and oxygen atoms in total. The van der Waals surface area contributed by atoms with E-state index in [1.807, 2.05) is 50.2 Å². The average Bonchev–Trinajstić information content (AvgIpc) is 2.81. The van der Waals surface area contributed by atoms with Gasteiger partial charge in [-0.25, -0.2) is 0 Å². The van der Waals surface area contributed by atoms with Gasteiger partial charge in [-0.05, 0) is 37.6 Å². The largest absolute Gasteiger partial charge is 0.451 e. The van der Waals surface area contributed by atoms with Crippen LogP contribution in [-0.4, -0.2) is 5.91 Å². The van der Waals surface area contributed by atoms with Crippen molar-refractivity contribution < 1.29 is 9.21 Å². The SMILES string of the molecule is Cc1ccc(NC(=O)c2oc3ccccc3c2C)cc1Cl. The van der Waals surface area contributed by atoms with Crippen LogP contribution in [0.5, 0.6) is 0 Å². The molecule has 3 aromatic rings. The van der Waals surface area contributed by atoms with Crippen LogP contribution in [0.25, 0.3) is 11.0 Å². The van der Waals surface area contributed by atoms with Gasteiger partial charge in [-0.1, -0.05) is 35.9 Å². The van der Waals surface area contributed by atoms with E-state index in [2.05, 4.69) is 5.32 Å². The van der Waals surface area contributed by atoms with Crippen molar-refractivity contribution in [3.8, 4) is 0 Å². The highest BCUT2D eigenvalue weighted by Crippen LogP contribution is 2.26. The number of halogens is 1. The van der Waals surface area contributed by atoms with E-state index in [1.54, 1.807) is 6.07 Å². The second kappa shape index (κ2) is 5.26. The van der Waals surface area contributed by atoms with Crippen LogP contribution in [-0.2, 0) is 0 Å². The molecule has 1 heterocycles. The third-order valence-corrected chi connectivity index (χ3v) is 3.89. The molecule has 1 N–H and O–H groups in total. The van der Waals surface area contributed by atoms with Crippen LogP contribution in [0.4, 0.5) is 5.69 Å². The predicted octanol–water partition coefficient (Wildman–Crippen LogP) is 4.96. The fourth-order valence-corrected chi connectivity index (χ4v) is 2.43. The zero-order valence-corrected chi connectivity index (χ0v) is 12.5. The molecule has 0 aliphatic rings. The maximum absolute atomic E-state index is 12.4. The summed E-state index contributed by atoms with van der Waals surface area (Å²) in [7, 11) is 0. The molecular formula is C17H14ClNO2. The number of nitrogens with one attached hydrogen (secondary N) is 1. The van der Waals surface area contributed by atoms with Gasteiger partial charge in [-0.15, -0.1) is 0 Å². The molecular weight excluding hydrogens is 286 g/mol. The number of carbonyl (C=O) groups is 1. The summed E-state index contributed by atoms with van der Waals surface area (Å²) in [5, 5.41) is 4.38. The van der Waals surface area contributed by atoms with Gasteiger partial charge in [0.1, 0.15) is 5.58 Å². The minimum absolute atomic E-state index is 0.274. The van der Waals surface area contributed by atoms with Crippen molar-refractivity contribution >= 4 is 34.2 Å². The molecule has 21 heavy (non-hydrogen) atoms. The molecule has 0 atom stereocenters. The molecule has 0 aliphatic heterocycles. The third kappa shape index (κ3) is 2.52. The van der Waals surface area contributed by atoms with Crippen molar-refractivity contribution in [2.45, 2.75) is 13.8 Å². The lowest BCUT2D eigenvalue weighted by Gasteiger charge is -2.05. The molecule has 0 fully saturated rings. The van der Waals surface area contributed by atoms with E-state index in [4.69, 9.17) is 16.0 Å². The summed E-state index contributed by atoms with van der Waals surface area (Å²) in [6.45, 7) is 3.79. The minimum atomic E-state index is -0.274. The van der Waals surface area contributed by atoms with Gasteiger partial charge in [0, 0.05) is 21.7 Å². The number of aryl methyl sites for hydroxylation is 2. The van der Waals surface area contributed by atoms with Crippen LogP contribution >= 0.6 is 11.6 Å². The highest BCUT2D eigenvalue weighted by molar-refractivity contribution is 6.31. The first-order valence-corrected chi connectivity index (χ1v) is 6.99. The maximum Gasteiger partial charge on any atom is 0.291 e. The second-order valence-corrected chi connectivity index (χ2v) is 5.38. The van der Waals surface area contributed by atoms with Crippen molar-refractivity contribution in [2.24, 2.45) is 0 Å². The number of hydrogen-bond acceptors (Lipinski definition) is 2. The Balaban J connectivity index is 1.93. The zero-order chi connectivity index (χ0) is 15.0. The summed E-state index contributed by atoms with van der Waals surface area (Å²) in [5.41, 5.74) is 3.16. The summed E-state index contributed by atoms with van der Waals surface area (Å²) in [4.78, 5) is 12.4. The van der Waals surface area contributed by atoms with E-state index in [1.165, 1.54) is 0 Å². The van der Waals surface area contributed by atoms with Crippen molar-refractivity contribution in [1.82, 2.24) is 0 Å². The van der Waals surface area contributed by atoms with Crippen molar-refractivity contribution in [3.63, 3.8) is 0 Å². The maximum atomic E-state index is 12.4. The number of carbonyl (C=O) groups excluding carboxylic acids is 1. The number of benzene rings is 2. The van der Waals surface area contributed by atoms with Crippen LogP contribution in [0.15, 0.2) is 46.9 Å². The Bertz CT molecular complexity index is 836. The molecule has 0 radical (unpaired) electrons. The number of para-hydroxylation sites is 1. The van der Waals surface area contributed by atoms with Crippen LogP contribution in [0.2, 0.25) is 5.02 Å². The fraction of sp³-hybridized carbons (Fsp3) is 0.118. The minimum Gasteiger partial charge on any atom is -0.451 e. The quantitative estimate of drug-likeness (QED) is 0.727. The second-order valence-electron chi connectivity index (χ2n) is 4.97. The first-order valence-electron chi connectivity index (χ1n) is 6.62. The van der Waals surface area contributed by atoms with E-state index < -0.39 is 0 Å². The Labute approximate surface area is 127 Å². The molecule has 1 aromatic heterocycles. The van der Waals surface area contributed by atoms with E-state index in [0.717, 1.165) is 16.5 Å². The first kappa shape index (κ1) is 13.7. The summed E-state index contributed by atoms with van der Waals surface area (Å²) in [6.07, 6.45) is 0. The Morgan fingerprint density at radius 2 is 1.90 bits per heavy atom. The van der Waals surface area contributed by atoms with Gasteiger partial charge in [0.25, 0.3) is 5.91 Å². The number of fused-ring (bicyclic) bond motifs is 1. The predicted molar refractivity (Wildman–Crippen MR) is 85.1 cm³/mol. The lowest BCUT2D eigenvalue weighted by atomic mass is 10.1. The summed E-state index contributed by atoms with van der Waals surface area (Å²) >= 11 is 6.06. The monoisotopic (exact) mass is 299 g/mol. The molecule has 4 heteroatoms. The van der Waals surface area contributed by atoms with E-state index >= 15 is 0 Å². The summed E-state index contributed by atoms with van der Waals surface area (Å²) in [6, 6.07) is 13.0. The van der Waals surface area contributed by atoms with Gasteiger partial charge in [-0.2, -0.15) is 0 Å². The number of hydrogen-bond donors (Lipinski definition) is 1. The van der Waals surface area contributed by atoms with Crippen LogP contribution in [0.3, 0.4) is 0 Å². The molecule has 0 spiro atoms. The molecule has 1 amide bonds. The van der Waals surface area contributed by atoms with Gasteiger partial charge < -0.3 is 9.73 Å². The van der Waals surface area contributed by atoms with Gasteiger partial charge in [0.05, 0.1) is 0 Å². The van der Waals surface area contributed by atoms with Crippen molar-refractivity contribution in [1.29, 1.82) is 0 Å². The van der Waals surface area contributed by atoms with E-state index in [-0.39, 0.29) is 5.91 Å². The van der Waals surface area contributed by atoms with Gasteiger partial charge in [-0.3, -0.25) is 4.79 Å². The van der Waals surface area contributed by atoms with E-state index in [9.17, 15) is 4.79 Å². The van der Waals surface area contributed by atoms with Crippen LogP contribution < -0.4 is 5.32 Å². The van der Waals surface area contributed by atoms with Gasteiger partial charge >= 0.3 is 0 Å². The lowest BCUT2D eigenvalue weighted by Crippen LogP contribution is -2.12. The number of furan rings is 1. The zero-order valence-electron chi connectivity index (χ0n) is 11.7. The fourth-order valence-electron chi connectivity index (χ4n) is 2.25. The smallest absolute Gasteiger partial charge is 0.291 e. The topological polar surface area (TPSA) is 42.2 Å². The molecule has 106 valence electrons. The molecule has 0 aliphatic carbocycles. The molecule has 0 unspecified atom stereocenters. The first-order chi connectivity index (χ1) is 10.1. The number of amides is 1. The Kier molecular flexibility index (Phi) is 3.43. The van der Waals surface area contributed by atoms with Crippen molar-refractivity contribution in [3.05, 3.63) is 64.4 Å². The number of rotatable bonds is 2. The van der Waals surface area contributed by atoms with Crippen LogP contribution in [0.1, 0.15) is 21.7 Å². The third-order valence-electron chi connectivity index (χ3n) is 3.48. The Morgan fingerprint density at radius 1 is 1.14 bits per heavy atom. The highest BCUT2D eigenvalue weighted by atomic mass is 35.5. The molecule has 0 saturated carbocycles. The highest BCUT2D eigenvalue weighted by Gasteiger charge is 2.17. The molecule has 0 saturated heterocycles. The Morgan fingerprint density at radius 3 is 2.62 bits per heavy atom. The number of anilines is 1. The lowest BCUT2D eigenvalue weighted by molar-refractivity contribution is 0.0998. The van der Waals surface area contributed by atoms with Gasteiger partial charge in [0.2, 0.25) is 0 Å². The standard InChI is InChI=1S/C17H14ClNO2/c1-10-7-8-12(9-14(10)18)19-17(20)16-11(2)13-5-3-4-6-15(13)21-16/h3-9H,1-2H3,(H,19,20). The molecule has 0 bridgehead atoms. The normalized spacial score (nSPS) is 10.8.